The zero-order valence-electron chi connectivity index (χ0n) is 10.3. The Morgan fingerprint density at radius 1 is 1.31 bits per heavy atom. The summed E-state index contributed by atoms with van der Waals surface area (Å²) < 4.78 is 17.4. The maximum absolute atomic E-state index is 12.0. The van der Waals surface area contributed by atoms with Crippen LogP contribution >= 0.6 is 8.03 Å². The lowest BCUT2D eigenvalue weighted by Crippen LogP contribution is -2.06. The summed E-state index contributed by atoms with van der Waals surface area (Å²) in [7, 11) is -2.05. The van der Waals surface area contributed by atoms with E-state index in [1.54, 1.807) is 0 Å². The van der Waals surface area contributed by atoms with Crippen LogP contribution in [-0.2, 0) is 15.5 Å². The first kappa shape index (κ1) is 13.5. The highest BCUT2D eigenvalue weighted by atomic mass is 31.1. The molecular formula is C13H21O2P. The van der Waals surface area contributed by atoms with Crippen LogP contribution < -0.4 is 5.30 Å². The number of aryl methyl sites for hydroxylation is 1. The van der Waals surface area contributed by atoms with Gasteiger partial charge in [-0.2, -0.15) is 0 Å². The molecule has 0 fully saturated rings. The van der Waals surface area contributed by atoms with Crippen LogP contribution in [0.15, 0.2) is 24.3 Å². The molecule has 1 aromatic carbocycles. The molecule has 0 radical (unpaired) electrons. The molecule has 90 valence electrons. The number of hydrogen-bond donors (Lipinski definition) is 0. The van der Waals surface area contributed by atoms with Gasteiger partial charge in [-0.3, -0.25) is 4.57 Å². The van der Waals surface area contributed by atoms with Gasteiger partial charge in [0.1, 0.15) is 0 Å². The molecule has 16 heavy (non-hydrogen) atoms. The Kier molecular flexibility index (Phi) is 5.79. The minimum atomic E-state index is -2.05. The van der Waals surface area contributed by atoms with Crippen molar-refractivity contribution >= 4 is 13.3 Å². The van der Waals surface area contributed by atoms with Crippen LogP contribution in [-0.4, -0.2) is 6.61 Å². The molecule has 0 spiro atoms. The molecule has 0 N–H and O–H groups in total. The van der Waals surface area contributed by atoms with Crippen molar-refractivity contribution in [3.63, 3.8) is 0 Å². The first-order valence-electron chi connectivity index (χ1n) is 5.90. The predicted molar refractivity (Wildman–Crippen MR) is 69.9 cm³/mol. The van der Waals surface area contributed by atoms with Crippen LogP contribution in [0.25, 0.3) is 0 Å². The summed E-state index contributed by atoms with van der Waals surface area (Å²) >= 11 is 0. The van der Waals surface area contributed by atoms with Crippen LogP contribution in [0.2, 0.25) is 0 Å². The Balaban J connectivity index is 2.59. The summed E-state index contributed by atoms with van der Waals surface area (Å²) in [6.45, 7) is 6.94. The standard InChI is InChI=1S/C13H21O2P/c1-4-12-7-5-6-8-13(12)16(14)15-10-9-11(2)3/h5-8,11,16H,4,9-10H2,1-3H3. The molecule has 0 heterocycles. The second kappa shape index (κ2) is 6.88. The quantitative estimate of drug-likeness (QED) is 0.712. The largest absolute Gasteiger partial charge is 0.327 e. The molecule has 0 saturated heterocycles. The Labute approximate surface area is 98.9 Å². The van der Waals surface area contributed by atoms with Gasteiger partial charge < -0.3 is 4.52 Å². The molecule has 2 nitrogen and oxygen atoms in total. The summed E-state index contributed by atoms with van der Waals surface area (Å²) in [6, 6.07) is 7.83. The van der Waals surface area contributed by atoms with Gasteiger partial charge in [0.25, 0.3) is 0 Å². The summed E-state index contributed by atoms with van der Waals surface area (Å²) in [5.41, 5.74) is 1.14. The molecule has 0 amide bonds. The van der Waals surface area contributed by atoms with Crippen molar-refractivity contribution in [3.05, 3.63) is 29.8 Å². The smallest absolute Gasteiger partial charge is 0.220 e. The second-order valence-corrected chi connectivity index (χ2v) is 5.73. The summed E-state index contributed by atoms with van der Waals surface area (Å²) in [5.74, 6) is 0.594. The van der Waals surface area contributed by atoms with Gasteiger partial charge in [-0.1, -0.05) is 39.0 Å². The molecule has 0 bridgehead atoms. The first-order chi connectivity index (χ1) is 7.65. The van der Waals surface area contributed by atoms with Gasteiger partial charge in [-0.15, -0.1) is 0 Å². The highest BCUT2D eigenvalue weighted by Crippen LogP contribution is 2.24. The molecule has 1 atom stereocenters. The molecule has 1 aromatic rings. The molecule has 1 rings (SSSR count). The monoisotopic (exact) mass is 240 g/mol. The minimum Gasteiger partial charge on any atom is -0.327 e. The summed E-state index contributed by atoms with van der Waals surface area (Å²) in [4.78, 5) is 0. The zero-order valence-corrected chi connectivity index (χ0v) is 11.3. The average Bonchev–Trinajstić information content (AvgIpc) is 2.28. The van der Waals surface area contributed by atoms with Gasteiger partial charge in [-0.25, -0.2) is 0 Å². The van der Waals surface area contributed by atoms with Gasteiger partial charge >= 0.3 is 0 Å². The fourth-order valence-electron chi connectivity index (χ4n) is 1.49. The van der Waals surface area contributed by atoms with E-state index in [0.717, 1.165) is 23.7 Å². The molecule has 1 unspecified atom stereocenters. The fourth-order valence-corrected chi connectivity index (χ4v) is 2.71. The number of rotatable bonds is 6. The summed E-state index contributed by atoms with van der Waals surface area (Å²) in [5, 5.41) is 0.888. The van der Waals surface area contributed by atoms with Crippen molar-refractivity contribution in [1.82, 2.24) is 0 Å². The van der Waals surface area contributed by atoms with Gasteiger partial charge in [0.15, 0.2) is 0 Å². The Bertz CT molecular complexity index is 348. The second-order valence-electron chi connectivity index (χ2n) is 4.33. The van der Waals surface area contributed by atoms with Crippen molar-refractivity contribution in [1.29, 1.82) is 0 Å². The van der Waals surface area contributed by atoms with E-state index in [0.29, 0.717) is 12.5 Å². The third-order valence-corrected chi connectivity index (χ3v) is 3.94. The van der Waals surface area contributed by atoms with E-state index in [4.69, 9.17) is 4.52 Å². The number of benzene rings is 1. The molecular weight excluding hydrogens is 219 g/mol. The topological polar surface area (TPSA) is 26.3 Å². The van der Waals surface area contributed by atoms with Crippen molar-refractivity contribution in [2.24, 2.45) is 5.92 Å². The predicted octanol–water partition coefficient (Wildman–Crippen LogP) is 3.41. The van der Waals surface area contributed by atoms with Crippen molar-refractivity contribution in [3.8, 4) is 0 Å². The van der Waals surface area contributed by atoms with Gasteiger partial charge in [0, 0.05) is 5.30 Å². The van der Waals surface area contributed by atoms with Crippen LogP contribution in [0.5, 0.6) is 0 Å². The first-order valence-corrected chi connectivity index (χ1v) is 7.21. The summed E-state index contributed by atoms with van der Waals surface area (Å²) in [6.07, 6.45) is 1.87. The van der Waals surface area contributed by atoms with E-state index in [1.165, 1.54) is 0 Å². The lowest BCUT2D eigenvalue weighted by molar-refractivity contribution is 0.305. The van der Waals surface area contributed by atoms with Crippen molar-refractivity contribution in [2.75, 3.05) is 6.61 Å². The molecule has 0 aliphatic carbocycles. The maximum Gasteiger partial charge on any atom is 0.220 e. The third-order valence-electron chi connectivity index (χ3n) is 2.55. The van der Waals surface area contributed by atoms with E-state index in [1.807, 2.05) is 24.3 Å². The number of hydrogen-bond acceptors (Lipinski definition) is 2. The normalized spacial score (nSPS) is 13.0. The molecule has 0 saturated carbocycles. The van der Waals surface area contributed by atoms with E-state index < -0.39 is 8.03 Å². The van der Waals surface area contributed by atoms with Crippen molar-refractivity contribution < 1.29 is 9.09 Å². The van der Waals surface area contributed by atoms with Crippen molar-refractivity contribution in [2.45, 2.75) is 33.6 Å². The van der Waals surface area contributed by atoms with E-state index in [2.05, 4.69) is 20.8 Å². The van der Waals surface area contributed by atoms with Crippen LogP contribution in [0, 0.1) is 5.92 Å². The Morgan fingerprint density at radius 2 is 2.00 bits per heavy atom. The van der Waals surface area contributed by atoms with E-state index in [9.17, 15) is 4.57 Å². The molecule has 0 aromatic heterocycles. The average molecular weight is 240 g/mol. The molecule has 0 aliphatic heterocycles. The van der Waals surface area contributed by atoms with Crippen LogP contribution in [0.3, 0.4) is 0 Å². The SMILES string of the molecule is CCc1ccccc1[PH](=O)OCCC(C)C. The minimum absolute atomic E-state index is 0.591. The highest BCUT2D eigenvalue weighted by Gasteiger charge is 2.08. The van der Waals surface area contributed by atoms with E-state index in [-0.39, 0.29) is 0 Å². The zero-order chi connectivity index (χ0) is 12.0. The third kappa shape index (κ3) is 4.11. The lowest BCUT2D eigenvalue weighted by Gasteiger charge is -2.09. The van der Waals surface area contributed by atoms with E-state index >= 15 is 0 Å². The van der Waals surface area contributed by atoms with Gasteiger partial charge in [0.2, 0.25) is 8.03 Å². The van der Waals surface area contributed by atoms with Gasteiger partial charge in [-0.05, 0) is 30.4 Å². The van der Waals surface area contributed by atoms with Gasteiger partial charge in [0.05, 0.1) is 6.61 Å². The fraction of sp³-hybridized carbons (Fsp3) is 0.538. The Morgan fingerprint density at radius 3 is 2.62 bits per heavy atom. The molecule has 0 aliphatic rings. The lowest BCUT2D eigenvalue weighted by atomic mass is 10.2. The van der Waals surface area contributed by atoms with Crippen LogP contribution in [0.1, 0.15) is 32.8 Å². The molecule has 3 heteroatoms. The Hall–Kier alpha value is -0.590. The highest BCUT2D eigenvalue weighted by molar-refractivity contribution is 7.48. The maximum atomic E-state index is 12.0. The van der Waals surface area contributed by atoms with Crippen LogP contribution in [0.4, 0.5) is 0 Å².